The van der Waals surface area contributed by atoms with Crippen LogP contribution in [-0.2, 0) is 4.74 Å². The highest BCUT2D eigenvalue weighted by Gasteiger charge is 2.37. The number of hydrogen-bond acceptors (Lipinski definition) is 6. The summed E-state index contributed by atoms with van der Waals surface area (Å²) in [6.45, 7) is 0.0999. The number of aliphatic hydroxyl groups is 2. The largest absolute Gasteiger partial charge is 0.388 e. The average molecular weight is 362 g/mol. The van der Waals surface area contributed by atoms with E-state index < -0.39 is 18.4 Å². The number of ether oxygens (including phenoxy) is 1. The molecular formula is C10H11IN4O3. The molecule has 1 fully saturated rings. The number of nitrogens with two attached hydrogens (primary N) is 1. The second-order valence-electron chi connectivity index (χ2n) is 4.12. The highest BCUT2D eigenvalue weighted by atomic mass is 127. The van der Waals surface area contributed by atoms with Crippen molar-refractivity contribution in [1.82, 2.24) is 14.5 Å². The molecule has 0 radical (unpaired) electrons. The Balaban J connectivity index is 2.16. The van der Waals surface area contributed by atoms with E-state index in [4.69, 9.17) is 10.5 Å². The van der Waals surface area contributed by atoms with Crippen molar-refractivity contribution in [2.24, 2.45) is 0 Å². The molecule has 18 heavy (non-hydrogen) atoms. The zero-order chi connectivity index (χ0) is 12.9. The molecule has 3 atom stereocenters. The van der Waals surface area contributed by atoms with E-state index in [-0.39, 0.29) is 6.61 Å². The molecule has 1 aliphatic heterocycles. The van der Waals surface area contributed by atoms with Crippen molar-refractivity contribution in [2.45, 2.75) is 18.4 Å². The van der Waals surface area contributed by atoms with Crippen molar-refractivity contribution in [3.63, 3.8) is 0 Å². The number of rotatable bonds is 1. The molecule has 1 aliphatic rings. The van der Waals surface area contributed by atoms with Gasteiger partial charge in [-0.05, 0) is 22.6 Å². The van der Waals surface area contributed by atoms with Crippen LogP contribution in [0.4, 0.5) is 5.82 Å². The molecule has 0 saturated carbocycles. The SMILES string of the molecule is Nc1ncnc2c1c(I)cn2[C@@H]1OC[C@@H](O)[C@H]1O. The Bertz CT molecular complexity index is 602. The molecule has 0 aliphatic carbocycles. The van der Waals surface area contributed by atoms with Crippen LogP contribution >= 0.6 is 22.6 Å². The predicted molar refractivity (Wildman–Crippen MR) is 71.7 cm³/mol. The zero-order valence-electron chi connectivity index (χ0n) is 9.19. The molecule has 8 heteroatoms. The molecule has 2 aromatic rings. The van der Waals surface area contributed by atoms with E-state index >= 15 is 0 Å². The summed E-state index contributed by atoms with van der Waals surface area (Å²) in [4.78, 5) is 8.10. The predicted octanol–water partition coefficient (Wildman–Crippen LogP) is -0.131. The van der Waals surface area contributed by atoms with Crippen LogP contribution in [0.1, 0.15) is 6.23 Å². The van der Waals surface area contributed by atoms with Crippen LogP contribution in [-0.4, -0.2) is 43.6 Å². The summed E-state index contributed by atoms with van der Waals surface area (Å²) in [7, 11) is 0. The number of anilines is 1. The molecule has 96 valence electrons. The maximum absolute atomic E-state index is 9.88. The maximum atomic E-state index is 9.88. The number of hydrogen-bond donors (Lipinski definition) is 3. The maximum Gasteiger partial charge on any atom is 0.164 e. The Morgan fingerprint density at radius 1 is 1.44 bits per heavy atom. The van der Waals surface area contributed by atoms with Gasteiger partial charge in [0.05, 0.1) is 12.0 Å². The van der Waals surface area contributed by atoms with Gasteiger partial charge >= 0.3 is 0 Å². The highest BCUT2D eigenvalue weighted by Crippen LogP contribution is 2.32. The molecule has 0 bridgehead atoms. The summed E-state index contributed by atoms with van der Waals surface area (Å²) >= 11 is 2.12. The fourth-order valence-corrected chi connectivity index (χ4v) is 2.90. The number of fused-ring (bicyclic) bond motifs is 1. The smallest absolute Gasteiger partial charge is 0.164 e. The van der Waals surface area contributed by atoms with Gasteiger partial charge in [0.25, 0.3) is 0 Å². The molecule has 0 unspecified atom stereocenters. The standard InChI is InChI=1S/C10H11IN4O3/c11-4-1-15(10-7(17)5(16)2-18-10)9-6(4)8(12)13-3-14-9/h1,3,5,7,10,16-17H,2H2,(H2,12,13,14)/t5-,7-,10-/m1/s1. The molecule has 4 N–H and O–H groups in total. The fourth-order valence-electron chi connectivity index (χ4n) is 2.09. The summed E-state index contributed by atoms with van der Waals surface area (Å²) in [6, 6.07) is 0. The first-order valence-electron chi connectivity index (χ1n) is 5.34. The third-order valence-electron chi connectivity index (χ3n) is 2.99. The van der Waals surface area contributed by atoms with E-state index in [1.165, 1.54) is 6.33 Å². The lowest BCUT2D eigenvalue weighted by Gasteiger charge is -2.17. The quantitative estimate of drug-likeness (QED) is 0.611. The Morgan fingerprint density at radius 3 is 2.89 bits per heavy atom. The topological polar surface area (TPSA) is 106 Å². The van der Waals surface area contributed by atoms with Gasteiger partial charge in [0.15, 0.2) is 6.23 Å². The second-order valence-corrected chi connectivity index (χ2v) is 5.29. The van der Waals surface area contributed by atoms with Crippen molar-refractivity contribution in [1.29, 1.82) is 0 Å². The molecule has 7 nitrogen and oxygen atoms in total. The van der Waals surface area contributed by atoms with Gasteiger partial charge in [0, 0.05) is 9.77 Å². The number of aromatic nitrogens is 3. The molecule has 3 rings (SSSR count). The van der Waals surface area contributed by atoms with E-state index in [2.05, 4.69) is 32.6 Å². The van der Waals surface area contributed by atoms with Crippen molar-refractivity contribution >= 4 is 39.4 Å². The van der Waals surface area contributed by atoms with Crippen LogP contribution in [0.2, 0.25) is 0 Å². The molecular weight excluding hydrogens is 351 g/mol. The van der Waals surface area contributed by atoms with Gasteiger partial charge in [-0.1, -0.05) is 0 Å². The van der Waals surface area contributed by atoms with Gasteiger partial charge in [-0.15, -0.1) is 0 Å². The second kappa shape index (κ2) is 4.30. The van der Waals surface area contributed by atoms with Crippen LogP contribution in [0.3, 0.4) is 0 Å². The Hall–Kier alpha value is -0.970. The lowest BCUT2D eigenvalue weighted by molar-refractivity contribution is -0.0160. The average Bonchev–Trinajstić information content (AvgIpc) is 2.83. The Kier molecular flexibility index (Phi) is 2.88. The number of aliphatic hydroxyl groups excluding tert-OH is 2. The van der Waals surface area contributed by atoms with Crippen LogP contribution in [0.5, 0.6) is 0 Å². The lowest BCUT2D eigenvalue weighted by Crippen LogP contribution is -2.28. The summed E-state index contributed by atoms with van der Waals surface area (Å²) in [5.41, 5.74) is 6.40. The fraction of sp³-hybridized carbons (Fsp3) is 0.400. The third kappa shape index (κ3) is 1.67. The van der Waals surface area contributed by atoms with Crippen LogP contribution in [0.25, 0.3) is 11.0 Å². The van der Waals surface area contributed by atoms with Crippen molar-refractivity contribution in [3.8, 4) is 0 Å². The van der Waals surface area contributed by atoms with Gasteiger partial charge in [0.1, 0.15) is 30.0 Å². The van der Waals surface area contributed by atoms with E-state index in [0.29, 0.717) is 11.5 Å². The molecule has 2 aromatic heterocycles. The molecule has 3 heterocycles. The highest BCUT2D eigenvalue weighted by molar-refractivity contribution is 14.1. The number of nitrogens with zero attached hydrogens (tertiary/aromatic N) is 3. The lowest BCUT2D eigenvalue weighted by atomic mass is 10.2. The monoisotopic (exact) mass is 362 g/mol. The first-order chi connectivity index (χ1) is 8.59. The minimum absolute atomic E-state index is 0.0999. The van der Waals surface area contributed by atoms with Crippen molar-refractivity contribution in [3.05, 3.63) is 16.1 Å². The third-order valence-corrected chi connectivity index (χ3v) is 3.81. The van der Waals surface area contributed by atoms with Gasteiger partial charge in [-0.25, -0.2) is 9.97 Å². The minimum atomic E-state index is -0.979. The van der Waals surface area contributed by atoms with E-state index in [1.54, 1.807) is 10.8 Å². The molecule has 0 spiro atoms. The van der Waals surface area contributed by atoms with Gasteiger partial charge in [-0.3, -0.25) is 0 Å². The molecule has 1 saturated heterocycles. The van der Waals surface area contributed by atoms with E-state index in [0.717, 1.165) is 8.96 Å². The Morgan fingerprint density at radius 2 is 2.22 bits per heavy atom. The molecule has 0 amide bonds. The summed E-state index contributed by atoms with van der Waals surface area (Å²) in [5, 5.41) is 20.1. The van der Waals surface area contributed by atoms with Crippen LogP contribution < -0.4 is 5.73 Å². The van der Waals surface area contributed by atoms with Gasteiger partial charge in [-0.2, -0.15) is 0 Å². The summed E-state index contributed by atoms with van der Waals surface area (Å²) < 4.78 is 7.93. The van der Waals surface area contributed by atoms with Crippen molar-refractivity contribution < 1.29 is 14.9 Å². The van der Waals surface area contributed by atoms with Crippen molar-refractivity contribution in [2.75, 3.05) is 12.3 Å². The zero-order valence-corrected chi connectivity index (χ0v) is 11.4. The number of nitrogen functional groups attached to an aromatic ring is 1. The number of halogens is 1. The van der Waals surface area contributed by atoms with Gasteiger partial charge in [0.2, 0.25) is 0 Å². The van der Waals surface area contributed by atoms with Crippen LogP contribution in [0.15, 0.2) is 12.5 Å². The normalized spacial score (nSPS) is 28.1. The summed E-state index contributed by atoms with van der Waals surface area (Å²) in [6.07, 6.45) is 0.627. The summed E-state index contributed by atoms with van der Waals surface area (Å²) in [5.74, 6) is 0.385. The molecule has 0 aromatic carbocycles. The van der Waals surface area contributed by atoms with E-state index in [9.17, 15) is 10.2 Å². The van der Waals surface area contributed by atoms with Crippen LogP contribution in [0, 0.1) is 3.57 Å². The first-order valence-corrected chi connectivity index (χ1v) is 6.41. The van der Waals surface area contributed by atoms with Gasteiger partial charge < -0.3 is 25.3 Å². The first kappa shape index (κ1) is 12.1. The minimum Gasteiger partial charge on any atom is -0.388 e. The van der Waals surface area contributed by atoms with E-state index in [1.807, 2.05) is 0 Å². The Labute approximate surface area is 116 Å².